The lowest BCUT2D eigenvalue weighted by atomic mass is 9.76. The summed E-state index contributed by atoms with van der Waals surface area (Å²) in [6.45, 7) is 5.82. The SMILES string of the molecule is Cc1c(C(=O)Nc2nnc(SCc3cccs3)s2)oc2c1C(=O)CC(C)(C)C2. The van der Waals surface area contributed by atoms with Gasteiger partial charge in [-0.05, 0) is 23.8 Å². The molecule has 0 atom stereocenters. The van der Waals surface area contributed by atoms with Crippen molar-refractivity contribution in [3.8, 4) is 0 Å². The summed E-state index contributed by atoms with van der Waals surface area (Å²) in [5.41, 5.74) is 1.01. The van der Waals surface area contributed by atoms with Gasteiger partial charge in [-0.3, -0.25) is 14.9 Å². The third kappa shape index (κ3) is 3.92. The van der Waals surface area contributed by atoms with E-state index in [-0.39, 0.29) is 17.0 Å². The molecule has 0 saturated carbocycles. The van der Waals surface area contributed by atoms with Crippen LogP contribution in [0.4, 0.5) is 5.13 Å². The standard InChI is InChI=1S/C19H19N3O3S3/c1-10-14-12(23)7-19(2,3)8-13(14)25-15(10)16(24)20-17-21-22-18(28-17)27-9-11-5-4-6-26-11/h4-6H,7-9H2,1-3H3,(H,20,21,24). The molecule has 0 spiro atoms. The highest BCUT2D eigenvalue weighted by atomic mass is 32.2. The number of anilines is 1. The molecule has 1 aliphatic carbocycles. The fraction of sp³-hybridized carbons (Fsp3) is 0.368. The highest BCUT2D eigenvalue weighted by molar-refractivity contribution is 8.00. The Kier molecular flexibility index (Phi) is 5.15. The van der Waals surface area contributed by atoms with Gasteiger partial charge in [-0.2, -0.15) is 0 Å². The quantitative estimate of drug-likeness (QED) is 0.440. The summed E-state index contributed by atoms with van der Waals surface area (Å²) in [4.78, 5) is 26.4. The molecule has 0 aliphatic heterocycles. The van der Waals surface area contributed by atoms with Crippen LogP contribution in [0, 0.1) is 12.3 Å². The van der Waals surface area contributed by atoms with Crippen molar-refractivity contribution in [3.63, 3.8) is 0 Å². The Morgan fingerprint density at radius 3 is 2.93 bits per heavy atom. The van der Waals surface area contributed by atoms with Crippen molar-refractivity contribution in [1.29, 1.82) is 0 Å². The zero-order valence-corrected chi connectivity index (χ0v) is 18.1. The van der Waals surface area contributed by atoms with E-state index in [1.807, 2.05) is 25.3 Å². The predicted molar refractivity (Wildman–Crippen MR) is 112 cm³/mol. The van der Waals surface area contributed by atoms with Crippen molar-refractivity contribution in [3.05, 3.63) is 45.0 Å². The number of ketones is 1. The van der Waals surface area contributed by atoms with Crippen LogP contribution in [0.2, 0.25) is 0 Å². The summed E-state index contributed by atoms with van der Waals surface area (Å²) in [7, 11) is 0. The van der Waals surface area contributed by atoms with Gasteiger partial charge in [0.1, 0.15) is 5.76 Å². The predicted octanol–water partition coefficient (Wildman–Crippen LogP) is 5.20. The maximum absolute atomic E-state index is 12.7. The van der Waals surface area contributed by atoms with Gasteiger partial charge in [-0.25, -0.2) is 0 Å². The molecule has 6 nitrogen and oxygen atoms in total. The lowest BCUT2D eigenvalue weighted by Crippen LogP contribution is -2.26. The molecule has 4 rings (SSSR count). The monoisotopic (exact) mass is 433 g/mol. The molecule has 3 heterocycles. The Labute approximate surface area is 174 Å². The maximum atomic E-state index is 12.7. The number of nitrogens with one attached hydrogen (secondary N) is 1. The number of carbonyl (C=O) groups excluding carboxylic acids is 2. The van der Waals surface area contributed by atoms with Crippen LogP contribution in [0.15, 0.2) is 26.3 Å². The molecule has 0 radical (unpaired) electrons. The van der Waals surface area contributed by atoms with Gasteiger partial charge < -0.3 is 4.42 Å². The topological polar surface area (TPSA) is 85.1 Å². The van der Waals surface area contributed by atoms with Crippen molar-refractivity contribution in [2.45, 2.75) is 43.7 Å². The minimum atomic E-state index is -0.400. The molecule has 1 N–H and O–H groups in total. The molecule has 28 heavy (non-hydrogen) atoms. The summed E-state index contributed by atoms with van der Waals surface area (Å²) in [6, 6.07) is 4.09. The van der Waals surface area contributed by atoms with Crippen molar-refractivity contribution in [2.24, 2.45) is 5.41 Å². The molecule has 0 bridgehead atoms. The van der Waals surface area contributed by atoms with E-state index in [0.29, 0.717) is 34.9 Å². The molecule has 146 valence electrons. The van der Waals surface area contributed by atoms with E-state index < -0.39 is 5.91 Å². The molecule has 0 aromatic carbocycles. The first-order valence-corrected chi connectivity index (χ1v) is 11.5. The Balaban J connectivity index is 1.47. The number of hydrogen-bond donors (Lipinski definition) is 1. The van der Waals surface area contributed by atoms with Crippen LogP contribution in [0.25, 0.3) is 0 Å². The molecule has 1 aliphatic rings. The first-order valence-electron chi connectivity index (χ1n) is 8.78. The number of Topliss-reactive ketones (excluding diaryl/α,β-unsaturated/α-hetero) is 1. The Morgan fingerprint density at radius 2 is 2.18 bits per heavy atom. The van der Waals surface area contributed by atoms with E-state index in [4.69, 9.17) is 4.42 Å². The minimum Gasteiger partial charge on any atom is -0.455 e. The number of hydrogen-bond acceptors (Lipinski definition) is 8. The van der Waals surface area contributed by atoms with Gasteiger partial charge in [0.2, 0.25) is 5.13 Å². The smallest absolute Gasteiger partial charge is 0.293 e. The van der Waals surface area contributed by atoms with Crippen LogP contribution >= 0.6 is 34.4 Å². The van der Waals surface area contributed by atoms with Gasteiger partial charge >= 0.3 is 0 Å². The zero-order valence-electron chi connectivity index (χ0n) is 15.7. The van der Waals surface area contributed by atoms with E-state index in [1.165, 1.54) is 16.2 Å². The molecule has 3 aromatic rings. The fourth-order valence-corrected chi connectivity index (χ4v) is 5.82. The Morgan fingerprint density at radius 1 is 1.36 bits per heavy atom. The average molecular weight is 434 g/mol. The zero-order chi connectivity index (χ0) is 19.9. The number of furan rings is 1. The molecular formula is C19H19N3O3S3. The van der Waals surface area contributed by atoms with Crippen LogP contribution in [0.1, 0.15) is 57.4 Å². The molecule has 1 amide bonds. The van der Waals surface area contributed by atoms with Gasteiger partial charge in [-0.15, -0.1) is 21.5 Å². The molecular weight excluding hydrogens is 414 g/mol. The van der Waals surface area contributed by atoms with Gasteiger partial charge in [0.25, 0.3) is 5.91 Å². The van der Waals surface area contributed by atoms with E-state index in [1.54, 1.807) is 30.0 Å². The van der Waals surface area contributed by atoms with Crippen LogP contribution < -0.4 is 5.32 Å². The number of thioether (sulfide) groups is 1. The third-order valence-corrected chi connectivity index (χ3v) is 7.61. The summed E-state index contributed by atoms with van der Waals surface area (Å²) in [5, 5.41) is 13.4. The number of aromatic nitrogens is 2. The Hall–Kier alpha value is -1.97. The minimum absolute atomic E-state index is 0.0368. The van der Waals surface area contributed by atoms with E-state index >= 15 is 0 Å². The van der Waals surface area contributed by atoms with Gasteiger partial charge in [0, 0.05) is 29.0 Å². The fourth-order valence-electron chi connectivity index (χ4n) is 3.30. The summed E-state index contributed by atoms with van der Waals surface area (Å²) < 4.78 is 6.59. The summed E-state index contributed by atoms with van der Waals surface area (Å²) >= 11 is 4.60. The average Bonchev–Trinajstić information content (AvgIpc) is 3.32. The van der Waals surface area contributed by atoms with Crippen LogP contribution in [-0.2, 0) is 12.2 Å². The van der Waals surface area contributed by atoms with Crippen LogP contribution in [-0.4, -0.2) is 21.9 Å². The molecule has 0 unspecified atom stereocenters. The highest BCUT2D eigenvalue weighted by Crippen LogP contribution is 2.38. The van der Waals surface area contributed by atoms with E-state index in [0.717, 1.165) is 10.1 Å². The number of rotatable bonds is 5. The van der Waals surface area contributed by atoms with Crippen molar-refractivity contribution < 1.29 is 14.0 Å². The molecule has 0 fully saturated rings. The normalized spacial score (nSPS) is 15.5. The molecule has 9 heteroatoms. The second-order valence-corrected chi connectivity index (χ2v) is 10.7. The first-order chi connectivity index (χ1) is 13.3. The number of carbonyl (C=O) groups is 2. The van der Waals surface area contributed by atoms with Crippen LogP contribution in [0.3, 0.4) is 0 Å². The number of amides is 1. The van der Waals surface area contributed by atoms with Gasteiger partial charge in [0.05, 0.1) is 5.56 Å². The highest BCUT2D eigenvalue weighted by Gasteiger charge is 2.37. The number of nitrogens with zero attached hydrogens (tertiary/aromatic N) is 2. The number of thiophene rings is 1. The summed E-state index contributed by atoms with van der Waals surface area (Å²) in [6.07, 6.45) is 1.10. The molecule has 0 saturated heterocycles. The van der Waals surface area contributed by atoms with Crippen molar-refractivity contribution in [1.82, 2.24) is 10.2 Å². The second kappa shape index (κ2) is 7.46. The third-order valence-electron chi connectivity index (χ3n) is 4.53. The lowest BCUT2D eigenvalue weighted by molar-refractivity contribution is 0.0898. The Bertz CT molecular complexity index is 1030. The summed E-state index contributed by atoms with van der Waals surface area (Å²) in [5.74, 6) is 1.24. The number of fused-ring (bicyclic) bond motifs is 1. The van der Waals surface area contributed by atoms with Gasteiger partial charge in [0.15, 0.2) is 15.9 Å². The van der Waals surface area contributed by atoms with Crippen LogP contribution in [0.5, 0.6) is 0 Å². The van der Waals surface area contributed by atoms with Crippen molar-refractivity contribution in [2.75, 3.05) is 5.32 Å². The van der Waals surface area contributed by atoms with E-state index in [9.17, 15) is 9.59 Å². The maximum Gasteiger partial charge on any atom is 0.293 e. The first kappa shape index (κ1) is 19.4. The molecule has 3 aromatic heterocycles. The van der Waals surface area contributed by atoms with Crippen molar-refractivity contribution >= 4 is 51.3 Å². The van der Waals surface area contributed by atoms with E-state index in [2.05, 4.69) is 21.6 Å². The lowest BCUT2D eigenvalue weighted by Gasteiger charge is -2.27. The largest absolute Gasteiger partial charge is 0.455 e. The second-order valence-electron chi connectivity index (χ2n) is 7.49. The van der Waals surface area contributed by atoms with Gasteiger partial charge in [-0.1, -0.05) is 43.0 Å².